The summed E-state index contributed by atoms with van der Waals surface area (Å²) in [6.45, 7) is 2.09. The molecule has 0 saturated heterocycles. The van der Waals surface area contributed by atoms with E-state index in [0.29, 0.717) is 11.7 Å². The minimum Gasteiger partial charge on any atom is -0.495 e. The molecule has 0 aliphatic heterocycles. The van der Waals surface area contributed by atoms with Gasteiger partial charge in [0, 0.05) is 11.6 Å². The van der Waals surface area contributed by atoms with Crippen molar-refractivity contribution in [1.29, 1.82) is 0 Å². The number of hydrogen-bond acceptors (Lipinski definition) is 4. The van der Waals surface area contributed by atoms with Gasteiger partial charge >= 0.3 is 0 Å². The zero-order valence-electron chi connectivity index (χ0n) is 16.4. The highest BCUT2D eigenvalue weighted by Crippen LogP contribution is 2.28. The number of anilines is 1. The van der Waals surface area contributed by atoms with Gasteiger partial charge in [0.2, 0.25) is 0 Å². The Morgan fingerprint density at radius 3 is 2.59 bits per heavy atom. The molecule has 2 aromatic rings. The van der Waals surface area contributed by atoms with Crippen molar-refractivity contribution in [2.24, 2.45) is 5.92 Å². The Kier molecular flexibility index (Phi) is 6.42. The predicted molar refractivity (Wildman–Crippen MR) is 109 cm³/mol. The first-order chi connectivity index (χ1) is 13.8. The third kappa shape index (κ3) is 4.87. The summed E-state index contributed by atoms with van der Waals surface area (Å²) in [5.41, 5.74) is 0.282. The van der Waals surface area contributed by atoms with E-state index in [2.05, 4.69) is 17.0 Å². The number of methoxy groups -OCH3 is 1. The number of hydrogen-bond donors (Lipinski definition) is 2. The number of halogens is 1. The highest BCUT2D eigenvalue weighted by molar-refractivity contribution is 7.92. The van der Waals surface area contributed by atoms with Gasteiger partial charge in [0.1, 0.15) is 16.5 Å². The fourth-order valence-electron chi connectivity index (χ4n) is 3.56. The van der Waals surface area contributed by atoms with Crippen molar-refractivity contribution in [2.75, 3.05) is 11.8 Å². The Balaban J connectivity index is 1.85. The van der Waals surface area contributed by atoms with E-state index in [4.69, 9.17) is 4.74 Å². The molecule has 29 heavy (non-hydrogen) atoms. The summed E-state index contributed by atoms with van der Waals surface area (Å²) in [6.07, 6.45) is 4.10. The average molecular weight is 421 g/mol. The van der Waals surface area contributed by atoms with Crippen LogP contribution in [0.3, 0.4) is 0 Å². The van der Waals surface area contributed by atoms with Crippen LogP contribution < -0.4 is 14.8 Å². The van der Waals surface area contributed by atoms with Gasteiger partial charge in [0.15, 0.2) is 0 Å². The van der Waals surface area contributed by atoms with Gasteiger partial charge in [-0.05, 0) is 49.1 Å². The molecule has 2 aromatic carbocycles. The molecule has 0 spiro atoms. The van der Waals surface area contributed by atoms with Crippen molar-refractivity contribution in [3.63, 3.8) is 0 Å². The Hall–Kier alpha value is -2.61. The lowest BCUT2D eigenvalue weighted by atomic mass is 9.86. The first-order valence-corrected chi connectivity index (χ1v) is 11.1. The molecule has 0 unspecified atom stereocenters. The van der Waals surface area contributed by atoms with Crippen molar-refractivity contribution >= 4 is 21.6 Å². The third-order valence-corrected chi connectivity index (χ3v) is 6.64. The Morgan fingerprint density at radius 1 is 1.14 bits per heavy atom. The first-order valence-electron chi connectivity index (χ1n) is 9.58. The largest absolute Gasteiger partial charge is 0.495 e. The maximum Gasteiger partial charge on any atom is 0.264 e. The molecule has 0 radical (unpaired) electrons. The van der Waals surface area contributed by atoms with E-state index in [1.807, 2.05) is 0 Å². The summed E-state index contributed by atoms with van der Waals surface area (Å²) in [5, 5.41) is 2.95. The van der Waals surface area contributed by atoms with E-state index in [0.717, 1.165) is 37.8 Å². The van der Waals surface area contributed by atoms with Crippen LogP contribution in [0.1, 0.15) is 43.0 Å². The molecule has 156 valence electrons. The number of sulfonamides is 1. The van der Waals surface area contributed by atoms with Crippen molar-refractivity contribution < 1.29 is 22.3 Å². The molecule has 2 N–H and O–H groups in total. The quantitative estimate of drug-likeness (QED) is 0.741. The maximum atomic E-state index is 14.4. The van der Waals surface area contributed by atoms with Crippen molar-refractivity contribution in [2.45, 2.75) is 43.5 Å². The number of amides is 1. The lowest BCUT2D eigenvalue weighted by Crippen LogP contribution is -2.41. The fraction of sp³-hybridized carbons (Fsp3) is 0.381. The smallest absolute Gasteiger partial charge is 0.264 e. The van der Waals surface area contributed by atoms with Crippen LogP contribution in [0.25, 0.3) is 0 Å². The van der Waals surface area contributed by atoms with Crippen LogP contribution in [-0.2, 0) is 10.0 Å². The molecular weight excluding hydrogens is 395 g/mol. The van der Waals surface area contributed by atoms with Crippen LogP contribution in [0.4, 0.5) is 10.1 Å². The number of rotatable bonds is 6. The molecule has 2 atom stereocenters. The van der Waals surface area contributed by atoms with Gasteiger partial charge in [-0.2, -0.15) is 0 Å². The summed E-state index contributed by atoms with van der Waals surface area (Å²) >= 11 is 0. The zero-order chi connectivity index (χ0) is 21.0. The highest BCUT2D eigenvalue weighted by Gasteiger charge is 2.26. The van der Waals surface area contributed by atoms with Crippen LogP contribution >= 0.6 is 0 Å². The lowest BCUT2D eigenvalue weighted by molar-refractivity contribution is 0.0910. The number of carbonyl (C=O) groups is 1. The normalized spacial score (nSPS) is 19.4. The molecule has 3 rings (SSSR count). The summed E-state index contributed by atoms with van der Waals surface area (Å²) in [4.78, 5) is 12.0. The molecular formula is C21H25FN2O4S. The molecule has 0 aromatic heterocycles. The molecule has 0 heterocycles. The minimum atomic E-state index is -4.26. The molecule has 1 fully saturated rings. The number of para-hydroxylation sites is 2. The Morgan fingerprint density at radius 2 is 1.86 bits per heavy atom. The van der Waals surface area contributed by atoms with Crippen LogP contribution in [-0.4, -0.2) is 27.5 Å². The van der Waals surface area contributed by atoms with Gasteiger partial charge in [-0.25, -0.2) is 12.8 Å². The predicted octanol–water partition coefficient (Wildman–Crippen LogP) is 3.94. The van der Waals surface area contributed by atoms with Crippen molar-refractivity contribution in [3.8, 4) is 5.75 Å². The van der Waals surface area contributed by atoms with Crippen LogP contribution in [0.2, 0.25) is 0 Å². The van der Waals surface area contributed by atoms with Crippen LogP contribution in [0, 0.1) is 11.7 Å². The van der Waals surface area contributed by atoms with Crippen LogP contribution in [0.15, 0.2) is 47.4 Å². The van der Waals surface area contributed by atoms with Gasteiger partial charge in [-0.3, -0.25) is 9.52 Å². The Bertz CT molecular complexity index is 994. The SMILES string of the molecule is COc1ccccc1NS(=O)(=O)c1cc(C(=O)N[C@@H]2CCCC[C@H]2C)ccc1F. The molecule has 1 saturated carbocycles. The van der Waals surface area contributed by atoms with E-state index < -0.39 is 26.6 Å². The van der Waals surface area contributed by atoms with Gasteiger partial charge in [-0.15, -0.1) is 0 Å². The highest BCUT2D eigenvalue weighted by atomic mass is 32.2. The molecule has 6 nitrogen and oxygen atoms in total. The summed E-state index contributed by atoms with van der Waals surface area (Å²) in [5.74, 6) is -0.687. The molecule has 1 amide bonds. The molecule has 8 heteroatoms. The number of carbonyl (C=O) groups excluding carboxylic acids is 1. The monoisotopic (exact) mass is 420 g/mol. The van der Waals surface area contributed by atoms with Crippen molar-refractivity contribution in [3.05, 3.63) is 53.8 Å². The van der Waals surface area contributed by atoms with Gasteiger partial charge < -0.3 is 10.1 Å². The van der Waals surface area contributed by atoms with E-state index in [-0.39, 0.29) is 17.3 Å². The van der Waals surface area contributed by atoms with Gasteiger partial charge in [0.05, 0.1) is 12.8 Å². The zero-order valence-corrected chi connectivity index (χ0v) is 17.3. The van der Waals surface area contributed by atoms with E-state index in [9.17, 15) is 17.6 Å². The standard InChI is InChI=1S/C21H25FN2O4S/c1-14-7-3-4-8-17(14)23-21(25)15-11-12-16(22)20(13-15)29(26,27)24-18-9-5-6-10-19(18)28-2/h5-6,9-14,17,24H,3-4,7-8H2,1-2H3,(H,23,25)/t14-,17-/m1/s1. The van der Waals surface area contributed by atoms with E-state index in [1.54, 1.807) is 18.2 Å². The number of benzene rings is 2. The topological polar surface area (TPSA) is 84.5 Å². The Labute approximate surface area is 170 Å². The van der Waals surface area contributed by atoms with Crippen LogP contribution in [0.5, 0.6) is 5.75 Å². The van der Waals surface area contributed by atoms with E-state index in [1.165, 1.54) is 19.2 Å². The number of ether oxygens (including phenoxy) is 1. The lowest BCUT2D eigenvalue weighted by Gasteiger charge is -2.29. The van der Waals surface area contributed by atoms with Gasteiger partial charge in [-0.1, -0.05) is 31.9 Å². The summed E-state index contributed by atoms with van der Waals surface area (Å²) < 4.78 is 47.3. The maximum absolute atomic E-state index is 14.4. The second kappa shape index (κ2) is 8.82. The molecule has 1 aliphatic rings. The average Bonchev–Trinajstić information content (AvgIpc) is 2.70. The van der Waals surface area contributed by atoms with E-state index >= 15 is 0 Å². The molecule has 1 aliphatic carbocycles. The second-order valence-corrected chi connectivity index (χ2v) is 8.94. The number of nitrogens with one attached hydrogen (secondary N) is 2. The molecule has 0 bridgehead atoms. The fourth-order valence-corrected chi connectivity index (χ4v) is 4.74. The third-order valence-electron chi connectivity index (χ3n) is 5.26. The summed E-state index contributed by atoms with van der Waals surface area (Å²) in [7, 11) is -2.85. The van der Waals surface area contributed by atoms with Gasteiger partial charge in [0.25, 0.3) is 15.9 Å². The van der Waals surface area contributed by atoms with Crippen molar-refractivity contribution in [1.82, 2.24) is 5.32 Å². The summed E-state index contributed by atoms with van der Waals surface area (Å²) in [6, 6.07) is 9.80. The minimum absolute atomic E-state index is 0.0352. The second-order valence-electron chi connectivity index (χ2n) is 7.29. The first kappa shape index (κ1) is 21.1.